The van der Waals surface area contributed by atoms with Gasteiger partial charge in [0, 0.05) is 16.1 Å². The summed E-state index contributed by atoms with van der Waals surface area (Å²) < 4.78 is 12.9. The summed E-state index contributed by atoms with van der Waals surface area (Å²) >= 11 is 1.55. The first-order valence-electron chi connectivity index (χ1n) is 3.86. The molecule has 0 spiro atoms. The van der Waals surface area contributed by atoms with Gasteiger partial charge in [0.15, 0.2) is 0 Å². The maximum atomic E-state index is 12.9. The number of thiophene rings is 1. The lowest BCUT2D eigenvalue weighted by Crippen LogP contribution is -1.89. The highest BCUT2D eigenvalue weighted by atomic mass is 32.1. The number of hydrogen-bond donors (Lipinski definition) is 1. The Labute approximate surface area is 79.6 Å². The molecule has 0 saturated carbocycles. The van der Waals surface area contributed by atoms with Gasteiger partial charge in [-0.3, -0.25) is 0 Å². The van der Waals surface area contributed by atoms with Crippen LogP contribution >= 0.6 is 11.3 Å². The van der Waals surface area contributed by atoms with Crippen molar-refractivity contribution >= 4 is 17.0 Å². The fourth-order valence-electron chi connectivity index (χ4n) is 1.17. The van der Waals surface area contributed by atoms with Crippen LogP contribution in [0.25, 0.3) is 10.4 Å². The molecule has 0 radical (unpaired) electrons. The standard InChI is InChI=1S/C10H8FNS/c11-7-3-4-9(12)8(6-7)10-2-1-5-13-10/h1-6H,12H2. The lowest BCUT2D eigenvalue weighted by molar-refractivity contribution is 0.628. The molecule has 3 heteroatoms. The maximum absolute atomic E-state index is 12.9. The zero-order chi connectivity index (χ0) is 9.26. The van der Waals surface area contributed by atoms with Crippen LogP contribution in [0.1, 0.15) is 0 Å². The van der Waals surface area contributed by atoms with Gasteiger partial charge >= 0.3 is 0 Å². The van der Waals surface area contributed by atoms with Crippen molar-refractivity contribution in [1.29, 1.82) is 0 Å². The minimum atomic E-state index is -0.252. The Balaban J connectivity index is 2.57. The predicted molar refractivity (Wildman–Crippen MR) is 54.1 cm³/mol. The van der Waals surface area contributed by atoms with Gasteiger partial charge < -0.3 is 5.73 Å². The average Bonchev–Trinajstić information content (AvgIpc) is 2.61. The van der Waals surface area contributed by atoms with Crippen LogP contribution in [0.4, 0.5) is 10.1 Å². The van der Waals surface area contributed by atoms with Crippen LogP contribution in [0.15, 0.2) is 35.7 Å². The second-order valence-electron chi connectivity index (χ2n) is 2.71. The SMILES string of the molecule is Nc1ccc(F)cc1-c1cccs1. The molecule has 66 valence electrons. The summed E-state index contributed by atoms with van der Waals surface area (Å²) in [6, 6.07) is 8.26. The van der Waals surface area contributed by atoms with Gasteiger partial charge in [-0.1, -0.05) is 6.07 Å². The van der Waals surface area contributed by atoms with Crippen molar-refractivity contribution < 1.29 is 4.39 Å². The zero-order valence-corrected chi connectivity index (χ0v) is 7.64. The third-order valence-electron chi connectivity index (χ3n) is 1.80. The minimum Gasteiger partial charge on any atom is -0.398 e. The van der Waals surface area contributed by atoms with Crippen LogP contribution in [0, 0.1) is 5.82 Å². The molecule has 1 heterocycles. The van der Waals surface area contributed by atoms with Gasteiger partial charge in [0.1, 0.15) is 5.82 Å². The highest BCUT2D eigenvalue weighted by molar-refractivity contribution is 7.13. The van der Waals surface area contributed by atoms with Crippen molar-refractivity contribution in [3.8, 4) is 10.4 Å². The van der Waals surface area contributed by atoms with Crippen molar-refractivity contribution in [3.63, 3.8) is 0 Å². The first kappa shape index (κ1) is 8.26. The predicted octanol–water partition coefficient (Wildman–Crippen LogP) is 3.14. The third-order valence-corrected chi connectivity index (χ3v) is 2.71. The van der Waals surface area contributed by atoms with Gasteiger partial charge in [-0.25, -0.2) is 4.39 Å². The van der Waals surface area contributed by atoms with Gasteiger partial charge in [-0.05, 0) is 29.6 Å². The van der Waals surface area contributed by atoms with Crippen LogP contribution < -0.4 is 5.73 Å². The molecule has 0 unspecified atom stereocenters. The Hall–Kier alpha value is -1.35. The summed E-state index contributed by atoms with van der Waals surface area (Å²) in [5.74, 6) is -0.252. The summed E-state index contributed by atoms with van der Waals surface area (Å²) in [7, 11) is 0. The molecule has 1 aromatic heterocycles. The lowest BCUT2D eigenvalue weighted by atomic mass is 10.1. The monoisotopic (exact) mass is 193 g/mol. The van der Waals surface area contributed by atoms with Crippen LogP contribution in [0.3, 0.4) is 0 Å². The number of anilines is 1. The molecule has 0 aliphatic rings. The number of benzene rings is 1. The number of hydrogen-bond acceptors (Lipinski definition) is 2. The molecule has 2 aromatic rings. The largest absolute Gasteiger partial charge is 0.398 e. The molecule has 1 nitrogen and oxygen atoms in total. The van der Waals surface area contributed by atoms with E-state index in [2.05, 4.69) is 0 Å². The molecule has 1 aromatic carbocycles. The van der Waals surface area contributed by atoms with E-state index in [4.69, 9.17) is 5.73 Å². The lowest BCUT2D eigenvalue weighted by Gasteiger charge is -2.01. The molecule has 0 bridgehead atoms. The van der Waals surface area contributed by atoms with Crippen LogP contribution in [0.5, 0.6) is 0 Å². The van der Waals surface area contributed by atoms with E-state index in [1.807, 2.05) is 17.5 Å². The Morgan fingerprint density at radius 1 is 1.23 bits per heavy atom. The maximum Gasteiger partial charge on any atom is 0.124 e. The molecule has 0 aliphatic carbocycles. The molecular weight excluding hydrogens is 185 g/mol. The number of rotatable bonds is 1. The summed E-state index contributed by atoms with van der Waals surface area (Å²) in [6.45, 7) is 0. The van der Waals surface area contributed by atoms with E-state index in [1.165, 1.54) is 12.1 Å². The van der Waals surface area contributed by atoms with E-state index in [1.54, 1.807) is 17.4 Å². The van der Waals surface area contributed by atoms with E-state index in [9.17, 15) is 4.39 Å². The number of halogens is 1. The molecular formula is C10H8FNS. The van der Waals surface area contributed by atoms with Gasteiger partial charge in [-0.2, -0.15) is 0 Å². The third kappa shape index (κ3) is 1.55. The van der Waals surface area contributed by atoms with E-state index < -0.39 is 0 Å². The van der Waals surface area contributed by atoms with E-state index in [-0.39, 0.29) is 5.82 Å². The minimum absolute atomic E-state index is 0.252. The normalized spacial score (nSPS) is 10.2. The summed E-state index contributed by atoms with van der Waals surface area (Å²) in [5.41, 5.74) is 7.11. The van der Waals surface area contributed by atoms with Crippen molar-refractivity contribution in [1.82, 2.24) is 0 Å². The summed E-state index contributed by atoms with van der Waals surface area (Å²) in [6.07, 6.45) is 0. The quantitative estimate of drug-likeness (QED) is 0.692. The molecule has 0 atom stereocenters. The highest BCUT2D eigenvalue weighted by Gasteiger charge is 2.04. The fraction of sp³-hybridized carbons (Fsp3) is 0. The highest BCUT2D eigenvalue weighted by Crippen LogP contribution is 2.30. The van der Waals surface area contributed by atoms with E-state index in [0.717, 1.165) is 10.4 Å². The second kappa shape index (κ2) is 3.18. The van der Waals surface area contributed by atoms with Gasteiger partial charge in [0.25, 0.3) is 0 Å². The molecule has 0 saturated heterocycles. The summed E-state index contributed by atoms with van der Waals surface area (Å²) in [5, 5.41) is 1.94. The smallest absolute Gasteiger partial charge is 0.124 e. The van der Waals surface area contributed by atoms with Crippen molar-refractivity contribution in [2.45, 2.75) is 0 Å². The second-order valence-corrected chi connectivity index (χ2v) is 3.66. The van der Waals surface area contributed by atoms with Crippen LogP contribution in [0.2, 0.25) is 0 Å². The number of nitrogen functional groups attached to an aromatic ring is 1. The molecule has 2 N–H and O–H groups in total. The first-order chi connectivity index (χ1) is 6.27. The van der Waals surface area contributed by atoms with Gasteiger partial charge in [-0.15, -0.1) is 11.3 Å². The van der Waals surface area contributed by atoms with Gasteiger partial charge in [0.2, 0.25) is 0 Å². The first-order valence-corrected chi connectivity index (χ1v) is 4.74. The van der Waals surface area contributed by atoms with Crippen molar-refractivity contribution in [2.24, 2.45) is 0 Å². The Kier molecular flexibility index (Phi) is 2.02. The average molecular weight is 193 g/mol. The van der Waals surface area contributed by atoms with Crippen molar-refractivity contribution in [2.75, 3.05) is 5.73 Å². The van der Waals surface area contributed by atoms with Crippen LogP contribution in [-0.2, 0) is 0 Å². The van der Waals surface area contributed by atoms with E-state index in [0.29, 0.717) is 5.69 Å². The fourth-order valence-corrected chi connectivity index (χ4v) is 1.94. The summed E-state index contributed by atoms with van der Waals surface area (Å²) in [4.78, 5) is 0.997. The van der Waals surface area contributed by atoms with Crippen LogP contribution in [-0.4, -0.2) is 0 Å². The topological polar surface area (TPSA) is 26.0 Å². The Morgan fingerprint density at radius 3 is 2.77 bits per heavy atom. The van der Waals surface area contributed by atoms with Gasteiger partial charge in [0.05, 0.1) is 0 Å². The molecule has 13 heavy (non-hydrogen) atoms. The molecule has 2 rings (SSSR count). The molecule has 0 aliphatic heterocycles. The molecule has 0 fully saturated rings. The zero-order valence-electron chi connectivity index (χ0n) is 6.83. The van der Waals surface area contributed by atoms with Crippen molar-refractivity contribution in [3.05, 3.63) is 41.5 Å². The molecule has 0 amide bonds. The van der Waals surface area contributed by atoms with E-state index >= 15 is 0 Å². The number of nitrogens with two attached hydrogens (primary N) is 1. The Morgan fingerprint density at radius 2 is 2.08 bits per heavy atom. The Bertz CT molecular complexity index is 409.